The van der Waals surface area contributed by atoms with Gasteiger partial charge in [-0.05, 0) is 68.2 Å². The molecule has 1 heterocycles. The van der Waals surface area contributed by atoms with E-state index in [0.29, 0.717) is 11.7 Å². The summed E-state index contributed by atoms with van der Waals surface area (Å²) in [5.74, 6) is 1.74. The summed E-state index contributed by atoms with van der Waals surface area (Å²) >= 11 is 5.29. The van der Waals surface area contributed by atoms with Crippen LogP contribution in [0.1, 0.15) is 24.5 Å². The van der Waals surface area contributed by atoms with Gasteiger partial charge in [0.05, 0.1) is 6.61 Å². The van der Waals surface area contributed by atoms with E-state index in [9.17, 15) is 0 Å². The molecule has 0 saturated carbocycles. The van der Waals surface area contributed by atoms with Crippen LogP contribution < -0.4 is 15.4 Å². The third-order valence-corrected chi connectivity index (χ3v) is 3.58. The van der Waals surface area contributed by atoms with Crippen LogP contribution in [0.4, 0.5) is 5.82 Å². The fourth-order valence-corrected chi connectivity index (χ4v) is 2.46. The number of hydrogen-bond donors (Lipinski definition) is 2. The number of aryl methyl sites for hydroxylation is 2. The average molecular weight is 329 g/mol. The number of pyridine rings is 1. The predicted molar refractivity (Wildman–Crippen MR) is 99.1 cm³/mol. The molecule has 122 valence electrons. The minimum Gasteiger partial charge on any atom is -0.494 e. The van der Waals surface area contributed by atoms with Crippen molar-refractivity contribution in [3.05, 3.63) is 53.7 Å². The van der Waals surface area contributed by atoms with Gasteiger partial charge in [0.25, 0.3) is 0 Å². The second-order valence-corrected chi connectivity index (χ2v) is 5.65. The highest BCUT2D eigenvalue weighted by Gasteiger charge is 2.03. The van der Waals surface area contributed by atoms with Crippen LogP contribution in [0.2, 0.25) is 0 Å². The number of thiocarbonyl (C=S) groups is 1. The molecule has 2 aromatic rings. The lowest BCUT2D eigenvalue weighted by Crippen LogP contribution is -2.29. The zero-order chi connectivity index (χ0) is 16.5. The topological polar surface area (TPSA) is 46.2 Å². The van der Waals surface area contributed by atoms with Gasteiger partial charge in [-0.2, -0.15) is 0 Å². The summed E-state index contributed by atoms with van der Waals surface area (Å²) in [4.78, 5) is 4.23. The fraction of sp³-hybridized carbons (Fsp3) is 0.333. The zero-order valence-corrected chi connectivity index (χ0v) is 14.5. The van der Waals surface area contributed by atoms with Crippen molar-refractivity contribution >= 4 is 23.1 Å². The molecule has 0 aliphatic carbocycles. The standard InChI is InChI=1S/C18H23N3OS/c1-3-22-16-9-5-4-7-15(16)8-6-11-20-18(23)21-17-13-14(2)10-12-19-17/h4-5,7,9-10,12-13H,3,6,8,11H2,1-2H3,(H2,19,20,21,23). The Morgan fingerprint density at radius 2 is 2.09 bits per heavy atom. The van der Waals surface area contributed by atoms with Crippen molar-refractivity contribution in [1.29, 1.82) is 0 Å². The molecule has 0 saturated heterocycles. The summed E-state index contributed by atoms with van der Waals surface area (Å²) in [6.45, 7) is 5.52. The van der Waals surface area contributed by atoms with E-state index in [1.807, 2.05) is 44.2 Å². The number of para-hydroxylation sites is 1. The summed E-state index contributed by atoms with van der Waals surface area (Å²) in [5.41, 5.74) is 2.38. The zero-order valence-electron chi connectivity index (χ0n) is 13.6. The fourth-order valence-electron chi connectivity index (χ4n) is 2.25. The number of rotatable bonds is 7. The molecule has 2 rings (SSSR count). The van der Waals surface area contributed by atoms with E-state index in [2.05, 4.69) is 21.7 Å². The number of aromatic nitrogens is 1. The Morgan fingerprint density at radius 3 is 2.87 bits per heavy atom. The average Bonchev–Trinajstić information content (AvgIpc) is 2.53. The van der Waals surface area contributed by atoms with Gasteiger partial charge in [-0.25, -0.2) is 4.98 Å². The molecule has 2 N–H and O–H groups in total. The number of hydrogen-bond acceptors (Lipinski definition) is 3. The number of nitrogens with one attached hydrogen (secondary N) is 2. The lowest BCUT2D eigenvalue weighted by Gasteiger charge is -2.12. The van der Waals surface area contributed by atoms with Crippen molar-refractivity contribution < 1.29 is 4.74 Å². The maximum Gasteiger partial charge on any atom is 0.171 e. The Hall–Kier alpha value is -2.14. The smallest absolute Gasteiger partial charge is 0.171 e. The molecule has 1 aromatic heterocycles. The minimum absolute atomic E-state index is 0.598. The molecule has 0 fully saturated rings. The summed E-state index contributed by atoms with van der Waals surface area (Å²) in [6, 6.07) is 12.1. The van der Waals surface area contributed by atoms with E-state index in [1.54, 1.807) is 6.20 Å². The Morgan fingerprint density at radius 1 is 1.26 bits per heavy atom. The van der Waals surface area contributed by atoms with E-state index in [4.69, 9.17) is 17.0 Å². The highest BCUT2D eigenvalue weighted by Crippen LogP contribution is 2.19. The molecule has 0 aliphatic rings. The number of ether oxygens (including phenoxy) is 1. The molecule has 1 aromatic carbocycles. The van der Waals surface area contributed by atoms with Crippen LogP contribution >= 0.6 is 12.2 Å². The Kier molecular flexibility index (Phi) is 6.81. The second-order valence-electron chi connectivity index (χ2n) is 5.24. The Bertz CT molecular complexity index is 646. The molecule has 23 heavy (non-hydrogen) atoms. The maximum atomic E-state index is 5.64. The quantitative estimate of drug-likeness (QED) is 0.599. The molecular formula is C18H23N3OS. The minimum atomic E-state index is 0.598. The van der Waals surface area contributed by atoms with Gasteiger partial charge in [0.2, 0.25) is 0 Å². The van der Waals surface area contributed by atoms with Crippen LogP contribution in [0, 0.1) is 6.92 Å². The molecule has 0 amide bonds. The van der Waals surface area contributed by atoms with Crippen LogP contribution in [-0.2, 0) is 6.42 Å². The number of benzene rings is 1. The van der Waals surface area contributed by atoms with Crippen LogP contribution in [0.25, 0.3) is 0 Å². The van der Waals surface area contributed by atoms with E-state index in [0.717, 1.165) is 36.5 Å². The first-order valence-electron chi connectivity index (χ1n) is 7.87. The van der Waals surface area contributed by atoms with Crippen LogP contribution in [0.3, 0.4) is 0 Å². The van der Waals surface area contributed by atoms with Gasteiger partial charge < -0.3 is 15.4 Å². The van der Waals surface area contributed by atoms with Crippen LogP contribution in [0.5, 0.6) is 5.75 Å². The van der Waals surface area contributed by atoms with Gasteiger partial charge in [0, 0.05) is 12.7 Å². The molecule has 4 nitrogen and oxygen atoms in total. The van der Waals surface area contributed by atoms with Gasteiger partial charge in [0.1, 0.15) is 11.6 Å². The van der Waals surface area contributed by atoms with E-state index in [1.165, 1.54) is 5.56 Å². The summed E-state index contributed by atoms with van der Waals surface area (Å²) in [5, 5.41) is 6.91. The van der Waals surface area contributed by atoms with E-state index >= 15 is 0 Å². The van der Waals surface area contributed by atoms with E-state index in [-0.39, 0.29) is 0 Å². The van der Waals surface area contributed by atoms with Crippen molar-refractivity contribution in [2.75, 3.05) is 18.5 Å². The van der Waals surface area contributed by atoms with Crippen molar-refractivity contribution in [1.82, 2.24) is 10.3 Å². The van der Waals surface area contributed by atoms with Crippen LogP contribution in [-0.4, -0.2) is 23.2 Å². The monoisotopic (exact) mass is 329 g/mol. The Labute approximate surface area is 143 Å². The molecule has 0 radical (unpaired) electrons. The van der Waals surface area contributed by atoms with Gasteiger partial charge in [-0.1, -0.05) is 18.2 Å². The lowest BCUT2D eigenvalue weighted by atomic mass is 10.1. The van der Waals surface area contributed by atoms with Crippen molar-refractivity contribution in [2.45, 2.75) is 26.7 Å². The van der Waals surface area contributed by atoms with Gasteiger partial charge >= 0.3 is 0 Å². The molecular weight excluding hydrogens is 306 g/mol. The van der Waals surface area contributed by atoms with Crippen molar-refractivity contribution in [3.63, 3.8) is 0 Å². The molecule has 0 atom stereocenters. The van der Waals surface area contributed by atoms with Crippen molar-refractivity contribution in [3.8, 4) is 5.75 Å². The summed E-state index contributed by atoms with van der Waals surface area (Å²) in [7, 11) is 0. The molecule has 0 spiro atoms. The first-order chi connectivity index (χ1) is 11.2. The predicted octanol–water partition coefficient (Wildman–Crippen LogP) is 3.71. The third-order valence-electron chi connectivity index (χ3n) is 3.34. The van der Waals surface area contributed by atoms with Crippen molar-refractivity contribution in [2.24, 2.45) is 0 Å². The second kappa shape index (κ2) is 9.10. The normalized spacial score (nSPS) is 10.2. The SMILES string of the molecule is CCOc1ccccc1CCCNC(=S)Nc1cc(C)ccn1. The molecule has 0 aliphatic heterocycles. The summed E-state index contributed by atoms with van der Waals surface area (Å²) < 4.78 is 5.64. The molecule has 0 unspecified atom stereocenters. The maximum absolute atomic E-state index is 5.64. The number of nitrogens with zero attached hydrogens (tertiary/aromatic N) is 1. The third kappa shape index (κ3) is 5.87. The lowest BCUT2D eigenvalue weighted by molar-refractivity contribution is 0.336. The molecule has 0 bridgehead atoms. The van der Waals surface area contributed by atoms with Gasteiger partial charge in [-0.15, -0.1) is 0 Å². The van der Waals surface area contributed by atoms with Crippen LogP contribution in [0.15, 0.2) is 42.6 Å². The highest BCUT2D eigenvalue weighted by molar-refractivity contribution is 7.80. The molecule has 5 heteroatoms. The largest absolute Gasteiger partial charge is 0.494 e. The first kappa shape index (κ1) is 17.2. The highest BCUT2D eigenvalue weighted by atomic mass is 32.1. The Balaban J connectivity index is 1.74. The van der Waals surface area contributed by atoms with Gasteiger partial charge in [0.15, 0.2) is 5.11 Å². The van der Waals surface area contributed by atoms with Gasteiger partial charge in [-0.3, -0.25) is 0 Å². The summed E-state index contributed by atoms with van der Waals surface area (Å²) in [6.07, 6.45) is 3.70. The first-order valence-corrected chi connectivity index (χ1v) is 8.28. The number of anilines is 1. The van der Waals surface area contributed by atoms with E-state index < -0.39 is 0 Å².